The van der Waals surface area contributed by atoms with Gasteiger partial charge in [-0.1, -0.05) is 30.3 Å². The Hall–Kier alpha value is -3.28. The predicted molar refractivity (Wildman–Crippen MR) is 106 cm³/mol. The third kappa shape index (κ3) is 5.61. The fourth-order valence-electron chi connectivity index (χ4n) is 2.85. The molecule has 0 bridgehead atoms. The van der Waals surface area contributed by atoms with E-state index in [2.05, 4.69) is 10.4 Å². The van der Waals surface area contributed by atoms with Crippen molar-refractivity contribution in [3.63, 3.8) is 0 Å². The standard InChI is InChI=1S/C22H22FN3O2/c23-19-10-8-18(9-11-19)20-12-13-22(28)26(25-20)16-4-7-21(27)24-15-14-17-5-2-1-3-6-17/h1-3,5-6,8-13H,4,7,14-16H2,(H,24,27). The number of carbonyl (C=O) groups excluding carboxylic acids is 1. The molecule has 0 fully saturated rings. The van der Waals surface area contributed by atoms with Gasteiger partial charge >= 0.3 is 0 Å². The van der Waals surface area contributed by atoms with Crippen molar-refractivity contribution in [2.75, 3.05) is 6.54 Å². The summed E-state index contributed by atoms with van der Waals surface area (Å²) in [5.74, 6) is -0.367. The highest BCUT2D eigenvalue weighted by atomic mass is 19.1. The molecule has 5 nitrogen and oxygen atoms in total. The first-order chi connectivity index (χ1) is 13.6. The third-order valence-electron chi connectivity index (χ3n) is 4.36. The molecule has 0 saturated heterocycles. The van der Waals surface area contributed by atoms with Gasteiger partial charge in [-0.25, -0.2) is 9.07 Å². The second kappa shape index (κ2) is 9.60. The highest BCUT2D eigenvalue weighted by Gasteiger charge is 2.06. The molecule has 3 aromatic rings. The lowest BCUT2D eigenvalue weighted by molar-refractivity contribution is -0.121. The molecule has 144 valence electrons. The average molecular weight is 379 g/mol. The summed E-state index contributed by atoms with van der Waals surface area (Å²) in [4.78, 5) is 24.0. The largest absolute Gasteiger partial charge is 0.356 e. The Labute approximate surface area is 162 Å². The van der Waals surface area contributed by atoms with E-state index in [0.29, 0.717) is 31.6 Å². The minimum Gasteiger partial charge on any atom is -0.356 e. The Bertz CT molecular complexity index is 969. The van der Waals surface area contributed by atoms with E-state index in [9.17, 15) is 14.0 Å². The second-order valence-corrected chi connectivity index (χ2v) is 6.48. The zero-order valence-corrected chi connectivity index (χ0v) is 15.5. The average Bonchev–Trinajstić information content (AvgIpc) is 2.71. The highest BCUT2D eigenvalue weighted by Crippen LogP contribution is 2.15. The predicted octanol–water partition coefficient (Wildman–Crippen LogP) is 3.19. The topological polar surface area (TPSA) is 64.0 Å². The van der Waals surface area contributed by atoms with Gasteiger partial charge in [-0.15, -0.1) is 0 Å². The second-order valence-electron chi connectivity index (χ2n) is 6.48. The number of hydrogen-bond donors (Lipinski definition) is 1. The Kier molecular flexibility index (Phi) is 6.68. The van der Waals surface area contributed by atoms with Crippen molar-refractivity contribution >= 4 is 5.91 Å². The number of amides is 1. The van der Waals surface area contributed by atoms with E-state index < -0.39 is 0 Å². The van der Waals surface area contributed by atoms with Crippen LogP contribution in [-0.4, -0.2) is 22.2 Å². The van der Waals surface area contributed by atoms with Gasteiger partial charge < -0.3 is 5.32 Å². The smallest absolute Gasteiger partial charge is 0.266 e. The monoisotopic (exact) mass is 379 g/mol. The van der Waals surface area contributed by atoms with Gasteiger partial charge in [-0.3, -0.25) is 9.59 Å². The van der Waals surface area contributed by atoms with Gasteiger partial charge in [0, 0.05) is 31.1 Å². The van der Waals surface area contributed by atoms with Gasteiger partial charge in [0.15, 0.2) is 0 Å². The summed E-state index contributed by atoms with van der Waals surface area (Å²) >= 11 is 0. The van der Waals surface area contributed by atoms with Gasteiger partial charge in [0.05, 0.1) is 5.69 Å². The molecule has 0 aliphatic heterocycles. The molecule has 0 spiro atoms. The molecule has 1 heterocycles. The summed E-state index contributed by atoms with van der Waals surface area (Å²) in [7, 11) is 0. The van der Waals surface area contributed by atoms with Crippen LogP contribution in [0.4, 0.5) is 4.39 Å². The Morgan fingerprint density at radius 2 is 1.75 bits per heavy atom. The van der Waals surface area contributed by atoms with Gasteiger partial charge in [-0.05, 0) is 48.7 Å². The molecule has 1 amide bonds. The first-order valence-corrected chi connectivity index (χ1v) is 9.26. The molecular weight excluding hydrogens is 357 g/mol. The number of hydrogen-bond acceptors (Lipinski definition) is 3. The summed E-state index contributed by atoms with van der Waals surface area (Å²) in [6.45, 7) is 0.932. The van der Waals surface area contributed by atoms with Crippen LogP contribution in [0.5, 0.6) is 0 Å². The van der Waals surface area contributed by atoms with Crippen molar-refractivity contribution in [1.29, 1.82) is 0 Å². The summed E-state index contributed by atoms with van der Waals surface area (Å²) in [6, 6.07) is 19.0. The van der Waals surface area contributed by atoms with Crippen molar-refractivity contribution < 1.29 is 9.18 Å². The molecule has 2 aromatic carbocycles. The summed E-state index contributed by atoms with van der Waals surface area (Å²) < 4.78 is 14.4. The normalized spacial score (nSPS) is 10.6. The van der Waals surface area contributed by atoms with Crippen molar-refractivity contribution in [2.24, 2.45) is 0 Å². The van der Waals surface area contributed by atoms with E-state index in [1.54, 1.807) is 18.2 Å². The molecule has 0 aliphatic rings. The SMILES string of the molecule is O=C(CCCn1nc(-c2ccc(F)cc2)ccc1=O)NCCc1ccccc1. The zero-order chi connectivity index (χ0) is 19.8. The fourth-order valence-corrected chi connectivity index (χ4v) is 2.85. The van der Waals surface area contributed by atoms with Crippen LogP contribution in [0.1, 0.15) is 18.4 Å². The van der Waals surface area contributed by atoms with Crippen LogP contribution in [0.2, 0.25) is 0 Å². The van der Waals surface area contributed by atoms with E-state index >= 15 is 0 Å². The summed E-state index contributed by atoms with van der Waals surface area (Å²) in [5.41, 5.74) is 2.27. The van der Waals surface area contributed by atoms with Gasteiger partial charge in [0.2, 0.25) is 5.91 Å². The zero-order valence-electron chi connectivity index (χ0n) is 15.5. The number of nitrogens with zero attached hydrogens (tertiary/aromatic N) is 2. The Morgan fingerprint density at radius 3 is 2.50 bits per heavy atom. The fraction of sp³-hybridized carbons (Fsp3) is 0.227. The number of halogens is 1. The maximum absolute atomic E-state index is 13.1. The molecule has 6 heteroatoms. The minimum atomic E-state index is -0.324. The molecule has 0 unspecified atom stereocenters. The molecule has 0 saturated carbocycles. The molecule has 1 aromatic heterocycles. The van der Waals surface area contributed by atoms with Crippen molar-refractivity contribution in [1.82, 2.24) is 15.1 Å². The van der Waals surface area contributed by atoms with E-state index in [0.717, 1.165) is 12.0 Å². The van der Waals surface area contributed by atoms with Crippen molar-refractivity contribution in [3.8, 4) is 11.3 Å². The van der Waals surface area contributed by atoms with E-state index in [1.807, 2.05) is 30.3 Å². The van der Waals surface area contributed by atoms with E-state index in [1.165, 1.54) is 28.4 Å². The van der Waals surface area contributed by atoms with Crippen LogP contribution in [-0.2, 0) is 17.8 Å². The van der Waals surface area contributed by atoms with Crippen LogP contribution in [0.15, 0.2) is 71.5 Å². The van der Waals surface area contributed by atoms with Gasteiger partial charge in [-0.2, -0.15) is 5.10 Å². The number of rotatable bonds is 8. The maximum atomic E-state index is 13.1. The number of benzene rings is 2. The highest BCUT2D eigenvalue weighted by molar-refractivity contribution is 5.75. The van der Waals surface area contributed by atoms with E-state index in [4.69, 9.17) is 0 Å². The Morgan fingerprint density at radius 1 is 1.00 bits per heavy atom. The lowest BCUT2D eigenvalue weighted by Gasteiger charge is -2.08. The molecule has 3 rings (SSSR count). The minimum absolute atomic E-state index is 0.0429. The van der Waals surface area contributed by atoms with Crippen molar-refractivity contribution in [2.45, 2.75) is 25.8 Å². The lowest BCUT2D eigenvalue weighted by Crippen LogP contribution is -2.27. The van der Waals surface area contributed by atoms with Crippen LogP contribution >= 0.6 is 0 Å². The van der Waals surface area contributed by atoms with Crippen LogP contribution < -0.4 is 10.9 Å². The number of nitrogens with one attached hydrogen (secondary N) is 1. The van der Waals surface area contributed by atoms with E-state index in [-0.39, 0.29) is 17.3 Å². The molecule has 0 atom stereocenters. The molecule has 1 N–H and O–H groups in total. The van der Waals surface area contributed by atoms with Gasteiger partial charge in [0.1, 0.15) is 5.82 Å². The first kappa shape index (κ1) is 19.5. The quantitative estimate of drug-likeness (QED) is 0.654. The maximum Gasteiger partial charge on any atom is 0.266 e. The summed E-state index contributed by atoms with van der Waals surface area (Å²) in [6.07, 6.45) is 1.62. The van der Waals surface area contributed by atoms with Crippen LogP contribution in [0, 0.1) is 5.82 Å². The number of aromatic nitrogens is 2. The first-order valence-electron chi connectivity index (χ1n) is 9.26. The molecule has 28 heavy (non-hydrogen) atoms. The number of aryl methyl sites for hydroxylation is 1. The summed E-state index contributed by atoms with van der Waals surface area (Å²) in [5, 5.41) is 7.21. The van der Waals surface area contributed by atoms with Crippen LogP contribution in [0.3, 0.4) is 0 Å². The lowest BCUT2D eigenvalue weighted by atomic mass is 10.1. The molecule has 0 aliphatic carbocycles. The van der Waals surface area contributed by atoms with Crippen molar-refractivity contribution in [3.05, 3.63) is 88.5 Å². The van der Waals surface area contributed by atoms with Gasteiger partial charge in [0.25, 0.3) is 5.56 Å². The molecular formula is C22H22FN3O2. The van der Waals surface area contributed by atoms with Crippen LogP contribution in [0.25, 0.3) is 11.3 Å². The third-order valence-corrected chi connectivity index (χ3v) is 4.36. The Balaban J connectivity index is 1.48. The number of carbonyl (C=O) groups is 1. The molecule has 0 radical (unpaired) electrons.